The molecule has 1 aliphatic rings. The van der Waals surface area contributed by atoms with Crippen LogP contribution in [0.5, 0.6) is 0 Å². The van der Waals surface area contributed by atoms with E-state index in [-0.39, 0.29) is 15.5 Å². The second kappa shape index (κ2) is 6.58. The Balaban J connectivity index is 2.30. The normalized spacial score (nSPS) is 18.1. The molecule has 8 heteroatoms. The van der Waals surface area contributed by atoms with Crippen LogP contribution in [0.2, 0.25) is 5.02 Å². The number of hydrogen-bond donors (Lipinski definition) is 1. The number of halogens is 2. The Morgan fingerprint density at radius 2 is 1.90 bits per heavy atom. The first-order chi connectivity index (χ1) is 9.90. The Morgan fingerprint density at radius 1 is 1.29 bits per heavy atom. The molecule has 1 saturated heterocycles. The molecule has 1 heterocycles. The van der Waals surface area contributed by atoms with Gasteiger partial charge < -0.3 is 10.0 Å². The Bertz CT molecular complexity index is 616. The second-order valence-electron chi connectivity index (χ2n) is 4.87. The smallest absolute Gasteiger partial charge is 0.243 e. The van der Waals surface area contributed by atoms with Crippen molar-refractivity contribution >= 4 is 21.6 Å². The van der Waals surface area contributed by atoms with E-state index in [1.165, 1.54) is 10.4 Å². The molecule has 0 radical (unpaired) electrons. The zero-order valence-electron chi connectivity index (χ0n) is 11.7. The van der Waals surface area contributed by atoms with Crippen molar-refractivity contribution in [2.24, 2.45) is 0 Å². The van der Waals surface area contributed by atoms with Crippen molar-refractivity contribution in [2.75, 3.05) is 32.7 Å². The van der Waals surface area contributed by atoms with Crippen LogP contribution in [0.4, 0.5) is 4.39 Å². The molecule has 0 amide bonds. The monoisotopic (exact) mass is 336 g/mol. The number of hydrogen-bond acceptors (Lipinski definition) is 4. The molecule has 1 fully saturated rings. The fraction of sp³-hybridized carbons (Fsp3) is 0.538. The van der Waals surface area contributed by atoms with Crippen LogP contribution in [-0.2, 0) is 16.6 Å². The van der Waals surface area contributed by atoms with Gasteiger partial charge in [-0.2, -0.15) is 4.31 Å². The number of rotatable bonds is 4. The van der Waals surface area contributed by atoms with Crippen LogP contribution in [-0.4, -0.2) is 55.5 Å². The topological polar surface area (TPSA) is 60.9 Å². The molecule has 1 aliphatic heterocycles. The van der Waals surface area contributed by atoms with Gasteiger partial charge in [0.05, 0.1) is 16.5 Å². The first-order valence-electron chi connectivity index (χ1n) is 6.71. The van der Waals surface area contributed by atoms with Crippen LogP contribution in [0.15, 0.2) is 17.0 Å². The van der Waals surface area contributed by atoms with Crippen LogP contribution in [0.25, 0.3) is 0 Å². The van der Waals surface area contributed by atoms with Gasteiger partial charge in [0.2, 0.25) is 10.0 Å². The highest BCUT2D eigenvalue weighted by Crippen LogP contribution is 2.26. The standard InChI is InChI=1S/C13H18ClFN2O3S/c1-2-16-3-5-17(6-4-16)21(19,20)11-7-10(9-18)13(14)12(15)8-11/h7-8,18H,2-6,9H2,1H3. The molecule has 0 spiro atoms. The molecule has 5 nitrogen and oxygen atoms in total. The number of sulfonamides is 1. The molecule has 2 rings (SSSR count). The first kappa shape index (κ1) is 16.6. The van der Waals surface area contributed by atoms with Crippen LogP contribution < -0.4 is 0 Å². The highest BCUT2D eigenvalue weighted by atomic mass is 35.5. The molecule has 1 aromatic rings. The van der Waals surface area contributed by atoms with E-state index in [9.17, 15) is 12.8 Å². The van der Waals surface area contributed by atoms with Gasteiger partial charge in [-0.1, -0.05) is 18.5 Å². The van der Waals surface area contributed by atoms with Gasteiger partial charge in [0.15, 0.2) is 0 Å². The van der Waals surface area contributed by atoms with Crippen molar-refractivity contribution in [3.8, 4) is 0 Å². The fourth-order valence-electron chi connectivity index (χ4n) is 2.32. The van der Waals surface area contributed by atoms with Crippen LogP contribution in [0, 0.1) is 5.82 Å². The summed E-state index contributed by atoms with van der Waals surface area (Å²) in [6, 6.07) is 2.13. The summed E-state index contributed by atoms with van der Waals surface area (Å²) in [4.78, 5) is 1.98. The lowest BCUT2D eigenvalue weighted by Crippen LogP contribution is -2.48. The summed E-state index contributed by atoms with van der Waals surface area (Å²) in [5.74, 6) is -0.839. The molecular formula is C13H18ClFN2O3S. The molecule has 0 saturated carbocycles. The third-order valence-electron chi connectivity index (χ3n) is 3.66. The van der Waals surface area contributed by atoms with Crippen LogP contribution >= 0.6 is 11.6 Å². The minimum absolute atomic E-state index is 0.0717. The number of aliphatic hydroxyl groups excluding tert-OH is 1. The zero-order chi connectivity index (χ0) is 15.6. The summed E-state index contributed by atoms with van der Waals surface area (Å²) in [7, 11) is -3.77. The number of aliphatic hydroxyl groups is 1. The summed E-state index contributed by atoms with van der Waals surface area (Å²) in [6.45, 7) is 4.42. The average Bonchev–Trinajstić information content (AvgIpc) is 2.49. The van der Waals surface area contributed by atoms with Gasteiger partial charge in [0.25, 0.3) is 0 Å². The van der Waals surface area contributed by atoms with Gasteiger partial charge in [-0.3, -0.25) is 0 Å². The minimum atomic E-state index is -3.77. The third kappa shape index (κ3) is 3.37. The molecule has 1 aromatic carbocycles. The number of benzene rings is 1. The van der Waals surface area contributed by atoms with Crippen LogP contribution in [0.1, 0.15) is 12.5 Å². The molecule has 0 atom stereocenters. The first-order valence-corrected chi connectivity index (χ1v) is 8.53. The number of nitrogens with zero attached hydrogens (tertiary/aromatic N) is 2. The lowest BCUT2D eigenvalue weighted by atomic mass is 10.2. The van der Waals surface area contributed by atoms with Gasteiger partial charge in [-0.05, 0) is 18.7 Å². The summed E-state index contributed by atoms with van der Waals surface area (Å²) < 4.78 is 40.1. The molecule has 118 valence electrons. The van der Waals surface area contributed by atoms with Gasteiger partial charge in [0.1, 0.15) is 5.82 Å². The van der Waals surface area contributed by atoms with E-state index in [0.717, 1.165) is 12.6 Å². The van der Waals surface area contributed by atoms with E-state index in [0.29, 0.717) is 26.2 Å². The lowest BCUT2D eigenvalue weighted by molar-refractivity contribution is 0.196. The zero-order valence-corrected chi connectivity index (χ0v) is 13.3. The minimum Gasteiger partial charge on any atom is -0.392 e. The van der Waals surface area contributed by atoms with Crippen molar-refractivity contribution in [3.05, 3.63) is 28.5 Å². The predicted molar refractivity (Wildman–Crippen MR) is 78.2 cm³/mol. The predicted octanol–water partition coefficient (Wildman–Crippen LogP) is 1.30. The van der Waals surface area contributed by atoms with Crippen molar-refractivity contribution in [1.82, 2.24) is 9.21 Å². The van der Waals surface area contributed by atoms with Gasteiger partial charge >= 0.3 is 0 Å². The maximum atomic E-state index is 13.7. The highest BCUT2D eigenvalue weighted by molar-refractivity contribution is 7.89. The van der Waals surface area contributed by atoms with Gasteiger partial charge in [-0.25, -0.2) is 12.8 Å². The molecule has 0 aliphatic carbocycles. The average molecular weight is 337 g/mol. The largest absolute Gasteiger partial charge is 0.392 e. The molecule has 0 unspecified atom stereocenters. The third-order valence-corrected chi connectivity index (χ3v) is 5.96. The Labute approximate surface area is 129 Å². The van der Waals surface area contributed by atoms with E-state index >= 15 is 0 Å². The maximum Gasteiger partial charge on any atom is 0.243 e. The van der Waals surface area contributed by atoms with E-state index in [4.69, 9.17) is 16.7 Å². The summed E-state index contributed by atoms with van der Waals surface area (Å²) >= 11 is 5.69. The Hall–Kier alpha value is -0.730. The summed E-state index contributed by atoms with van der Waals surface area (Å²) in [6.07, 6.45) is 0. The Kier molecular flexibility index (Phi) is 5.21. The molecule has 1 N–H and O–H groups in total. The number of likely N-dealkylation sites (N-methyl/N-ethyl adjacent to an activating group) is 1. The summed E-state index contributed by atoms with van der Waals surface area (Å²) in [5.41, 5.74) is 0.0717. The van der Waals surface area contributed by atoms with E-state index < -0.39 is 22.4 Å². The summed E-state index contributed by atoms with van der Waals surface area (Å²) in [5, 5.41) is 8.90. The Morgan fingerprint density at radius 3 is 2.43 bits per heavy atom. The fourth-order valence-corrected chi connectivity index (χ4v) is 3.97. The van der Waals surface area contributed by atoms with E-state index in [2.05, 4.69) is 4.90 Å². The second-order valence-corrected chi connectivity index (χ2v) is 7.19. The molecule has 0 aromatic heterocycles. The number of piperazine rings is 1. The van der Waals surface area contributed by atoms with Crippen molar-refractivity contribution in [2.45, 2.75) is 18.4 Å². The highest BCUT2D eigenvalue weighted by Gasteiger charge is 2.29. The van der Waals surface area contributed by atoms with Gasteiger partial charge in [0, 0.05) is 31.7 Å². The molecule has 0 bridgehead atoms. The van der Waals surface area contributed by atoms with E-state index in [1.54, 1.807) is 0 Å². The van der Waals surface area contributed by atoms with Crippen LogP contribution in [0.3, 0.4) is 0 Å². The molecular weight excluding hydrogens is 319 g/mol. The maximum absolute atomic E-state index is 13.7. The van der Waals surface area contributed by atoms with E-state index in [1.807, 2.05) is 6.92 Å². The molecule has 21 heavy (non-hydrogen) atoms. The van der Waals surface area contributed by atoms with Gasteiger partial charge in [-0.15, -0.1) is 0 Å². The quantitative estimate of drug-likeness (QED) is 0.900. The van der Waals surface area contributed by atoms with Crippen molar-refractivity contribution < 1.29 is 17.9 Å². The lowest BCUT2D eigenvalue weighted by Gasteiger charge is -2.33. The van der Waals surface area contributed by atoms with Crippen molar-refractivity contribution in [3.63, 3.8) is 0 Å². The van der Waals surface area contributed by atoms with Crippen molar-refractivity contribution in [1.29, 1.82) is 0 Å². The SMILES string of the molecule is CCN1CCN(S(=O)(=O)c2cc(F)c(Cl)c(CO)c2)CC1.